The van der Waals surface area contributed by atoms with E-state index < -0.39 is 53.3 Å². The van der Waals surface area contributed by atoms with Crippen LogP contribution in [0, 0.1) is 23.3 Å². The summed E-state index contributed by atoms with van der Waals surface area (Å²) in [5.74, 6) is -9.22. The van der Waals surface area contributed by atoms with Crippen molar-refractivity contribution in [3.63, 3.8) is 0 Å². The van der Waals surface area contributed by atoms with E-state index in [9.17, 15) is 26.8 Å². The quantitative estimate of drug-likeness (QED) is 0.0959. The van der Waals surface area contributed by atoms with Crippen molar-refractivity contribution in [3.05, 3.63) is 29.3 Å². The van der Waals surface area contributed by atoms with Crippen LogP contribution in [0.4, 0.5) is 26.8 Å². The summed E-state index contributed by atoms with van der Waals surface area (Å²) in [4.78, 5) is 11.5. The van der Waals surface area contributed by atoms with Crippen LogP contribution < -0.4 is 4.74 Å². The van der Waals surface area contributed by atoms with Crippen molar-refractivity contribution >= 4 is 15.9 Å². The van der Waals surface area contributed by atoms with Crippen LogP contribution in [-0.2, 0) is 13.9 Å². The predicted octanol–water partition coefficient (Wildman–Crippen LogP) is 4.51. The van der Waals surface area contributed by atoms with Crippen LogP contribution in [0.3, 0.4) is 0 Å². The van der Waals surface area contributed by atoms with E-state index >= 15 is 0 Å². The number of hydrogen-bond donors (Lipinski definition) is 0. The molecule has 6 nitrogen and oxygen atoms in total. The van der Waals surface area contributed by atoms with E-state index in [1.165, 1.54) is 0 Å². The van der Waals surface area contributed by atoms with Gasteiger partial charge in [0.25, 0.3) is 6.48 Å². The normalized spacial score (nSPS) is 11.6. The summed E-state index contributed by atoms with van der Waals surface area (Å²) in [5.41, 5.74) is 0. The highest BCUT2D eigenvalue weighted by molar-refractivity contribution is 6.27. The van der Waals surface area contributed by atoms with Gasteiger partial charge in [0.1, 0.15) is 0 Å². The molecule has 0 saturated carbocycles. The summed E-state index contributed by atoms with van der Waals surface area (Å²) in [6, 6.07) is 0.444. The zero-order chi connectivity index (χ0) is 22.1. The lowest BCUT2D eigenvalue weighted by Crippen LogP contribution is -2.29. The predicted molar refractivity (Wildman–Crippen MR) is 92.6 cm³/mol. The first-order valence-electron chi connectivity index (χ1n) is 8.70. The molecule has 0 aliphatic carbocycles. The lowest BCUT2D eigenvalue weighted by atomic mass is 10.3. The van der Waals surface area contributed by atoms with Crippen LogP contribution >= 0.6 is 0 Å². The molecule has 0 aliphatic heterocycles. The standard InChI is InChI=1S/C17H22F5NO5Si/c1-9(2)25-17(26-10(3)4)28-29-7-5-6-23(22)16(24)27-12-8-11(18)13(19)15(21)14(12)20/h8-10,17H,5-7H2,1-4H3. The molecule has 29 heavy (non-hydrogen) atoms. The molecular weight excluding hydrogens is 421 g/mol. The van der Waals surface area contributed by atoms with Gasteiger partial charge in [-0.25, -0.2) is 18.0 Å². The Bertz CT molecular complexity index is 670. The Hall–Kier alpha value is -1.76. The highest BCUT2D eigenvalue weighted by Gasteiger charge is 2.24. The molecule has 0 fully saturated rings. The molecule has 0 aromatic heterocycles. The van der Waals surface area contributed by atoms with Crippen LogP contribution in [0.1, 0.15) is 34.1 Å². The van der Waals surface area contributed by atoms with E-state index in [-0.39, 0.29) is 34.5 Å². The number of amides is 1. The van der Waals surface area contributed by atoms with Crippen molar-refractivity contribution in [1.29, 1.82) is 0 Å². The van der Waals surface area contributed by atoms with Crippen LogP contribution in [-0.4, -0.2) is 46.2 Å². The molecule has 2 radical (unpaired) electrons. The second-order valence-corrected chi connectivity index (χ2v) is 7.30. The van der Waals surface area contributed by atoms with Gasteiger partial charge >= 0.3 is 6.09 Å². The Kier molecular flexibility index (Phi) is 10.5. The van der Waals surface area contributed by atoms with Gasteiger partial charge in [-0.3, -0.25) is 0 Å². The molecule has 0 unspecified atom stereocenters. The van der Waals surface area contributed by atoms with E-state index in [1.54, 1.807) is 27.7 Å². The van der Waals surface area contributed by atoms with Crippen LogP contribution in [0.15, 0.2) is 6.07 Å². The SMILES string of the molecule is CC(C)OC(O[Si]CCCN(F)C(=O)Oc1cc(F)c(F)c(F)c1F)OC(C)C. The summed E-state index contributed by atoms with van der Waals surface area (Å²) in [6.45, 7) is 5.87. The number of nitrogens with zero attached hydrogens (tertiary/aromatic N) is 1. The number of carbonyl (C=O) groups excluding carboxylic acids is 1. The van der Waals surface area contributed by atoms with Crippen LogP contribution in [0.25, 0.3) is 0 Å². The average Bonchev–Trinajstić information content (AvgIpc) is 2.62. The molecule has 0 saturated heterocycles. The summed E-state index contributed by atoms with van der Waals surface area (Å²) < 4.78 is 86.6. The average molecular weight is 443 g/mol. The first-order chi connectivity index (χ1) is 13.5. The van der Waals surface area contributed by atoms with Crippen molar-refractivity contribution in [3.8, 4) is 5.75 Å². The smallest absolute Gasteiger partial charge is 0.405 e. The van der Waals surface area contributed by atoms with Crippen LogP contribution in [0.2, 0.25) is 6.04 Å². The van der Waals surface area contributed by atoms with Gasteiger partial charge in [0.15, 0.2) is 17.4 Å². The second kappa shape index (κ2) is 12.1. The zero-order valence-electron chi connectivity index (χ0n) is 16.3. The highest BCUT2D eigenvalue weighted by atomic mass is 28.2. The minimum Gasteiger partial charge on any atom is -0.405 e. The summed E-state index contributed by atoms with van der Waals surface area (Å²) in [7, 11) is -0.125. The Morgan fingerprint density at radius 1 is 1.03 bits per heavy atom. The molecule has 12 heteroatoms. The highest BCUT2D eigenvalue weighted by Crippen LogP contribution is 2.25. The maximum atomic E-state index is 13.7. The van der Waals surface area contributed by atoms with E-state index in [0.717, 1.165) is 0 Å². The molecule has 1 aromatic rings. The first kappa shape index (κ1) is 25.3. The molecule has 0 aliphatic rings. The van der Waals surface area contributed by atoms with Gasteiger partial charge in [-0.05, 0) is 40.2 Å². The third-order valence-corrected chi connectivity index (χ3v) is 3.96. The van der Waals surface area contributed by atoms with Gasteiger partial charge in [-0.15, -0.1) is 5.12 Å². The van der Waals surface area contributed by atoms with E-state index in [2.05, 4.69) is 4.74 Å². The molecule has 1 rings (SSSR count). The number of hydrogen-bond acceptors (Lipinski definition) is 5. The lowest BCUT2D eigenvalue weighted by molar-refractivity contribution is -0.275. The summed E-state index contributed by atoms with van der Waals surface area (Å²) in [6.07, 6.45) is -1.85. The van der Waals surface area contributed by atoms with Gasteiger partial charge in [0, 0.05) is 6.07 Å². The maximum absolute atomic E-state index is 13.7. The number of halogens is 5. The van der Waals surface area contributed by atoms with E-state index in [1.807, 2.05) is 0 Å². The summed E-state index contributed by atoms with van der Waals surface area (Å²) in [5, 5.41) is -0.407. The minimum atomic E-state index is -2.17. The molecule has 0 spiro atoms. The van der Waals surface area contributed by atoms with Gasteiger partial charge < -0.3 is 18.6 Å². The Morgan fingerprint density at radius 3 is 2.17 bits per heavy atom. The van der Waals surface area contributed by atoms with Crippen molar-refractivity contribution in [1.82, 2.24) is 5.12 Å². The number of rotatable bonds is 11. The fraction of sp³-hybridized carbons (Fsp3) is 0.588. The first-order valence-corrected chi connectivity index (χ1v) is 9.82. The third-order valence-electron chi connectivity index (χ3n) is 3.04. The Balaban J connectivity index is 2.43. The van der Waals surface area contributed by atoms with Crippen molar-refractivity contribution in [2.45, 2.75) is 58.8 Å². The Labute approximate surface area is 167 Å². The van der Waals surface area contributed by atoms with Crippen molar-refractivity contribution in [2.75, 3.05) is 6.54 Å². The fourth-order valence-corrected chi connectivity index (χ4v) is 2.48. The minimum absolute atomic E-state index is 0.109. The second-order valence-electron chi connectivity index (χ2n) is 6.28. The molecule has 164 valence electrons. The van der Waals surface area contributed by atoms with Gasteiger partial charge in [0.2, 0.25) is 21.4 Å². The summed E-state index contributed by atoms with van der Waals surface area (Å²) >= 11 is 0. The topological polar surface area (TPSA) is 57.2 Å². The largest absolute Gasteiger partial charge is 0.443 e. The molecule has 0 N–H and O–H groups in total. The van der Waals surface area contributed by atoms with Crippen molar-refractivity contribution in [2.24, 2.45) is 0 Å². The van der Waals surface area contributed by atoms with Gasteiger partial charge in [0.05, 0.1) is 18.8 Å². The zero-order valence-corrected chi connectivity index (χ0v) is 17.3. The molecule has 0 heterocycles. The Morgan fingerprint density at radius 2 is 1.62 bits per heavy atom. The monoisotopic (exact) mass is 443 g/mol. The van der Waals surface area contributed by atoms with Gasteiger partial charge in [-0.2, -0.15) is 4.39 Å². The maximum Gasteiger partial charge on any atom is 0.443 e. The van der Waals surface area contributed by atoms with E-state index in [0.29, 0.717) is 6.04 Å². The molecule has 0 atom stereocenters. The number of ether oxygens (including phenoxy) is 3. The molecular formula is C17H22F5NO5Si. The number of carbonyl (C=O) groups is 1. The third kappa shape index (κ3) is 8.64. The van der Waals surface area contributed by atoms with E-state index in [4.69, 9.17) is 13.9 Å². The van der Waals surface area contributed by atoms with Gasteiger partial charge in [-0.1, -0.05) is 4.48 Å². The number of benzene rings is 1. The molecule has 1 amide bonds. The van der Waals surface area contributed by atoms with Crippen LogP contribution in [0.5, 0.6) is 5.75 Å². The lowest BCUT2D eigenvalue weighted by Gasteiger charge is -2.22. The molecule has 1 aromatic carbocycles. The van der Waals surface area contributed by atoms with Crippen molar-refractivity contribution < 1.29 is 45.5 Å². The molecule has 0 bridgehead atoms. The fourth-order valence-electron chi connectivity index (χ4n) is 1.81.